The van der Waals surface area contributed by atoms with Crippen LogP contribution >= 0.6 is 34.5 Å². The van der Waals surface area contributed by atoms with Gasteiger partial charge >= 0.3 is 6.03 Å². The first-order valence-corrected chi connectivity index (χ1v) is 9.79. The summed E-state index contributed by atoms with van der Waals surface area (Å²) in [6.07, 6.45) is 1.38. The number of para-hydroxylation sites is 1. The number of carbonyl (C=O) groups is 2. The second-order valence-corrected chi connectivity index (χ2v) is 7.49. The zero-order valence-corrected chi connectivity index (χ0v) is 17.1. The number of aromatic nitrogens is 2. The average Bonchev–Trinajstić information content (AvgIpc) is 3.10. The number of anilines is 2. The number of hydrogen-bond donors (Lipinski definition) is 3. The van der Waals surface area contributed by atoms with Crippen LogP contribution in [0.25, 0.3) is 0 Å². The van der Waals surface area contributed by atoms with Gasteiger partial charge < -0.3 is 5.32 Å². The third-order valence-electron chi connectivity index (χ3n) is 3.39. The van der Waals surface area contributed by atoms with Crippen LogP contribution in [0, 0.1) is 0 Å². The van der Waals surface area contributed by atoms with E-state index < -0.39 is 6.03 Å². The first kappa shape index (κ1) is 20.7. The number of urea groups is 1. The summed E-state index contributed by atoms with van der Waals surface area (Å²) in [6, 6.07) is 13.5. The van der Waals surface area contributed by atoms with Crippen molar-refractivity contribution in [2.24, 2.45) is 5.10 Å². The lowest BCUT2D eigenvalue weighted by atomic mass is 10.2. The standard InChI is InChI=1S/C18H14Cl2N6O2S/c19-12-7-6-11(14(20)8-12)10-21-24-15(27)9-16-25-26-18(29-16)23-17(28)22-13-4-2-1-3-5-13/h1-8,10H,9H2,(H,24,27)(H2,22,23,26,28). The number of nitrogens with one attached hydrogen (secondary N) is 3. The van der Waals surface area contributed by atoms with Gasteiger partial charge in [-0.1, -0.05) is 58.8 Å². The van der Waals surface area contributed by atoms with Gasteiger partial charge in [-0.3, -0.25) is 10.1 Å². The molecule has 3 amide bonds. The molecule has 0 aliphatic heterocycles. The summed E-state index contributed by atoms with van der Waals surface area (Å²) in [5.74, 6) is -0.386. The van der Waals surface area contributed by atoms with Gasteiger partial charge in [-0.15, -0.1) is 10.2 Å². The van der Waals surface area contributed by atoms with Crippen LogP contribution in [-0.4, -0.2) is 28.4 Å². The fourth-order valence-electron chi connectivity index (χ4n) is 2.11. The number of nitrogens with zero attached hydrogens (tertiary/aromatic N) is 3. The van der Waals surface area contributed by atoms with E-state index in [0.29, 0.717) is 26.3 Å². The second kappa shape index (κ2) is 9.97. The maximum Gasteiger partial charge on any atom is 0.325 e. The molecule has 0 radical (unpaired) electrons. The Morgan fingerprint density at radius 1 is 1.07 bits per heavy atom. The Hall–Kier alpha value is -3.01. The Morgan fingerprint density at radius 2 is 1.86 bits per heavy atom. The molecule has 0 aliphatic rings. The summed E-state index contributed by atoms with van der Waals surface area (Å²) < 4.78 is 0. The Bertz CT molecular complexity index is 1040. The summed E-state index contributed by atoms with van der Waals surface area (Å²) >= 11 is 12.9. The summed E-state index contributed by atoms with van der Waals surface area (Å²) in [5, 5.41) is 18.4. The van der Waals surface area contributed by atoms with E-state index in [4.69, 9.17) is 23.2 Å². The molecule has 1 heterocycles. The maximum atomic E-state index is 12.0. The summed E-state index contributed by atoms with van der Waals surface area (Å²) in [6.45, 7) is 0. The monoisotopic (exact) mass is 448 g/mol. The first-order valence-electron chi connectivity index (χ1n) is 8.22. The van der Waals surface area contributed by atoms with Gasteiger partial charge in [0.05, 0.1) is 17.7 Å². The fourth-order valence-corrected chi connectivity index (χ4v) is 3.30. The van der Waals surface area contributed by atoms with Crippen LogP contribution in [0.3, 0.4) is 0 Å². The van der Waals surface area contributed by atoms with Crippen molar-refractivity contribution < 1.29 is 9.59 Å². The van der Waals surface area contributed by atoms with E-state index in [9.17, 15) is 9.59 Å². The van der Waals surface area contributed by atoms with Gasteiger partial charge in [0.2, 0.25) is 11.0 Å². The minimum absolute atomic E-state index is 0.0364. The van der Waals surface area contributed by atoms with Gasteiger partial charge in [-0.05, 0) is 24.3 Å². The van der Waals surface area contributed by atoms with Crippen LogP contribution in [0.5, 0.6) is 0 Å². The fraction of sp³-hybridized carbons (Fsp3) is 0.0556. The van der Waals surface area contributed by atoms with Crippen molar-refractivity contribution in [1.29, 1.82) is 0 Å². The predicted molar refractivity (Wildman–Crippen MR) is 115 cm³/mol. The Labute approximate surface area is 179 Å². The molecule has 0 bridgehead atoms. The highest BCUT2D eigenvalue weighted by atomic mass is 35.5. The largest absolute Gasteiger partial charge is 0.325 e. The molecule has 0 atom stereocenters. The number of halogens is 2. The molecule has 0 spiro atoms. The van der Waals surface area contributed by atoms with Crippen LogP contribution in [0.4, 0.5) is 15.6 Å². The Morgan fingerprint density at radius 3 is 2.62 bits per heavy atom. The van der Waals surface area contributed by atoms with E-state index in [1.165, 1.54) is 6.21 Å². The number of hydrazone groups is 1. The van der Waals surface area contributed by atoms with Crippen molar-refractivity contribution in [1.82, 2.24) is 15.6 Å². The SMILES string of the molecule is O=C(Cc1nnc(NC(=O)Nc2ccccc2)s1)NN=Cc1ccc(Cl)cc1Cl. The smallest absolute Gasteiger partial charge is 0.308 e. The molecule has 0 unspecified atom stereocenters. The third-order valence-corrected chi connectivity index (χ3v) is 4.79. The van der Waals surface area contributed by atoms with Gasteiger partial charge in [0.15, 0.2) is 0 Å². The van der Waals surface area contributed by atoms with Gasteiger partial charge in [0.1, 0.15) is 5.01 Å². The molecule has 11 heteroatoms. The van der Waals surface area contributed by atoms with Crippen molar-refractivity contribution in [3.05, 3.63) is 69.1 Å². The zero-order chi connectivity index (χ0) is 20.6. The minimum atomic E-state index is -0.451. The van der Waals surface area contributed by atoms with E-state index >= 15 is 0 Å². The molecule has 1 aromatic heterocycles. The minimum Gasteiger partial charge on any atom is -0.308 e. The molecule has 0 saturated carbocycles. The normalized spacial score (nSPS) is 10.7. The van der Waals surface area contributed by atoms with E-state index in [1.807, 2.05) is 6.07 Å². The lowest BCUT2D eigenvalue weighted by molar-refractivity contribution is -0.120. The maximum absolute atomic E-state index is 12.0. The van der Waals surface area contributed by atoms with E-state index in [1.54, 1.807) is 42.5 Å². The number of rotatable bonds is 6. The number of benzene rings is 2. The van der Waals surface area contributed by atoms with E-state index in [2.05, 4.69) is 31.4 Å². The molecular formula is C18H14Cl2N6O2S. The predicted octanol–water partition coefficient (Wildman–Crippen LogP) is 4.18. The summed E-state index contributed by atoms with van der Waals surface area (Å²) in [5.41, 5.74) is 3.64. The average molecular weight is 449 g/mol. The molecule has 8 nitrogen and oxygen atoms in total. The molecular weight excluding hydrogens is 435 g/mol. The van der Waals surface area contributed by atoms with Crippen LogP contribution in [0.15, 0.2) is 53.6 Å². The molecule has 148 valence electrons. The summed E-state index contributed by atoms with van der Waals surface area (Å²) in [7, 11) is 0. The van der Waals surface area contributed by atoms with Crippen molar-refractivity contribution in [3.8, 4) is 0 Å². The topological polar surface area (TPSA) is 108 Å². The molecule has 29 heavy (non-hydrogen) atoms. The highest BCUT2D eigenvalue weighted by Gasteiger charge is 2.11. The van der Waals surface area contributed by atoms with Crippen molar-refractivity contribution in [2.45, 2.75) is 6.42 Å². The molecule has 0 aliphatic carbocycles. The number of amides is 3. The Balaban J connectivity index is 1.48. The number of carbonyl (C=O) groups excluding carboxylic acids is 2. The highest BCUT2D eigenvalue weighted by molar-refractivity contribution is 7.15. The molecule has 2 aromatic carbocycles. The lowest BCUT2D eigenvalue weighted by Gasteiger charge is -2.03. The molecule has 3 aromatic rings. The van der Waals surface area contributed by atoms with Gasteiger partial charge in [-0.2, -0.15) is 5.10 Å². The van der Waals surface area contributed by atoms with Crippen LogP contribution < -0.4 is 16.1 Å². The van der Waals surface area contributed by atoms with Crippen LogP contribution in [0.1, 0.15) is 10.6 Å². The van der Waals surface area contributed by atoms with Crippen molar-refractivity contribution in [3.63, 3.8) is 0 Å². The highest BCUT2D eigenvalue weighted by Crippen LogP contribution is 2.19. The van der Waals surface area contributed by atoms with Gasteiger partial charge in [0.25, 0.3) is 0 Å². The van der Waals surface area contributed by atoms with Crippen LogP contribution in [0.2, 0.25) is 10.0 Å². The van der Waals surface area contributed by atoms with Gasteiger partial charge in [0, 0.05) is 16.3 Å². The Kier molecular flexibility index (Phi) is 7.12. The molecule has 3 rings (SSSR count). The molecule has 3 N–H and O–H groups in total. The first-order chi connectivity index (χ1) is 14.0. The third kappa shape index (κ3) is 6.53. The van der Waals surface area contributed by atoms with Gasteiger partial charge in [-0.25, -0.2) is 10.2 Å². The van der Waals surface area contributed by atoms with E-state index in [0.717, 1.165) is 11.3 Å². The zero-order valence-electron chi connectivity index (χ0n) is 14.7. The van der Waals surface area contributed by atoms with Crippen molar-refractivity contribution >= 4 is 63.5 Å². The van der Waals surface area contributed by atoms with Crippen LogP contribution in [-0.2, 0) is 11.2 Å². The molecule has 0 fully saturated rings. The molecule has 0 saturated heterocycles. The van der Waals surface area contributed by atoms with E-state index in [-0.39, 0.29) is 17.5 Å². The lowest BCUT2D eigenvalue weighted by Crippen LogP contribution is -2.19. The quantitative estimate of drug-likeness (QED) is 0.388. The second-order valence-electron chi connectivity index (χ2n) is 5.58. The summed E-state index contributed by atoms with van der Waals surface area (Å²) in [4.78, 5) is 23.9. The van der Waals surface area contributed by atoms with Crippen molar-refractivity contribution in [2.75, 3.05) is 10.6 Å². The number of hydrogen-bond acceptors (Lipinski definition) is 6.